The molecule has 0 aliphatic carbocycles. The summed E-state index contributed by atoms with van der Waals surface area (Å²) in [5.74, 6) is 0.552. The van der Waals surface area contributed by atoms with Gasteiger partial charge in [0.1, 0.15) is 5.82 Å². The van der Waals surface area contributed by atoms with E-state index in [1.54, 1.807) is 0 Å². The molecule has 0 saturated heterocycles. The van der Waals surface area contributed by atoms with Crippen molar-refractivity contribution in [2.45, 2.75) is 25.2 Å². The van der Waals surface area contributed by atoms with Gasteiger partial charge in [-0.05, 0) is 19.9 Å². The molecule has 2 N–H and O–H groups in total. The van der Waals surface area contributed by atoms with Crippen molar-refractivity contribution < 1.29 is 8.42 Å². The Morgan fingerprint density at radius 2 is 2.19 bits per heavy atom. The third-order valence-corrected chi connectivity index (χ3v) is 5.18. The Bertz CT molecular complexity index is 698. The molecular weight excluding hydrogens is 308 g/mol. The summed E-state index contributed by atoms with van der Waals surface area (Å²) in [6.07, 6.45) is 2.07. The number of sulfonamides is 1. The maximum atomic E-state index is 12.2. The maximum Gasteiger partial charge on any atom is 0.240 e. The van der Waals surface area contributed by atoms with Gasteiger partial charge in [-0.25, -0.2) is 23.1 Å². The Labute approximate surface area is 128 Å². The molecule has 114 valence electrons. The van der Waals surface area contributed by atoms with Crippen molar-refractivity contribution in [1.82, 2.24) is 14.7 Å². The molecule has 0 saturated carbocycles. The lowest BCUT2D eigenvalue weighted by atomic mass is 10.4. The molecule has 2 aromatic heterocycles. The van der Waals surface area contributed by atoms with Gasteiger partial charge in [0.2, 0.25) is 10.0 Å². The average molecular weight is 326 g/mol. The van der Waals surface area contributed by atoms with Gasteiger partial charge in [0.05, 0.1) is 9.90 Å². The lowest BCUT2D eigenvalue weighted by Gasteiger charge is -2.08. The van der Waals surface area contributed by atoms with Crippen molar-refractivity contribution >= 4 is 27.2 Å². The predicted octanol–water partition coefficient (Wildman–Crippen LogP) is 1.80. The summed E-state index contributed by atoms with van der Waals surface area (Å²) in [5.41, 5.74) is 0.960. The largest absolute Gasteiger partial charge is 0.370 e. The summed E-state index contributed by atoms with van der Waals surface area (Å²) in [6.45, 7) is 4.86. The summed E-state index contributed by atoms with van der Waals surface area (Å²) in [4.78, 5) is 8.58. The maximum absolute atomic E-state index is 12.2. The summed E-state index contributed by atoms with van der Waals surface area (Å²) in [5, 5.41) is 5.88. The fourth-order valence-electron chi connectivity index (χ4n) is 1.75. The second kappa shape index (κ2) is 6.97. The molecule has 0 aromatic carbocycles. The SMILES string of the molecule is CCNc1cc(S(=O)(=O)NCCc2nc(C)cs2)ccn1. The summed E-state index contributed by atoms with van der Waals surface area (Å²) in [6, 6.07) is 3.01. The molecule has 0 fully saturated rings. The van der Waals surface area contributed by atoms with E-state index >= 15 is 0 Å². The first-order chi connectivity index (χ1) is 10.0. The molecule has 0 aliphatic heterocycles. The number of nitrogens with one attached hydrogen (secondary N) is 2. The first-order valence-corrected chi connectivity index (χ1v) is 8.98. The van der Waals surface area contributed by atoms with Crippen molar-refractivity contribution in [3.8, 4) is 0 Å². The van der Waals surface area contributed by atoms with Gasteiger partial charge in [0, 0.05) is 42.8 Å². The van der Waals surface area contributed by atoms with E-state index in [9.17, 15) is 8.42 Å². The number of pyridine rings is 1. The Kier molecular flexibility index (Phi) is 5.27. The highest BCUT2D eigenvalue weighted by Crippen LogP contribution is 2.13. The van der Waals surface area contributed by atoms with E-state index in [1.807, 2.05) is 19.2 Å². The highest BCUT2D eigenvalue weighted by molar-refractivity contribution is 7.89. The third-order valence-electron chi connectivity index (χ3n) is 2.70. The number of aromatic nitrogens is 2. The van der Waals surface area contributed by atoms with Crippen LogP contribution in [-0.4, -0.2) is 31.5 Å². The van der Waals surface area contributed by atoms with Crippen molar-refractivity contribution in [2.24, 2.45) is 0 Å². The number of hydrogen-bond donors (Lipinski definition) is 2. The van der Waals surface area contributed by atoms with Crippen molar-refractivity contribution in [2.75, 3.05) is 18.4 Å². The van der Waals surface area contributed by atoms with Crippen LogP contribution in [0.1, 0.15) is 17.6 Å². The van der Waals surface area contributed by atoms with Crippen LogP contribution in [0.5, 0.6) is 0 Å². The number of anilines is 1. The zero-order valence-corrected chi connectivity index (χ0v) is 13.6. The highest BCUT2D eigenvalue weighted by atomic mass is 32.2. The standard InChI is InChI=1S/C13H18N4O2S2/c1-3-14-12-8-11(4-6-15-12)21(18,19)16-7-5-13-17-10(2)9-20-13/h4,6,8-9,16H,3,5,7H2,1-2H3,(H,14,15). The van der Waals surface area contributed by atoms with Gasteiger partial charge in [0.25, 0.3) is 0 Å². The summed E-state index contributed by atoms with van der Waals surface area (Å²) in [7, 11) is -3.52. The second-order valence-electron chi connectivity index (χ2n) is 4.44. The third kappa shape index (κ3) is 4.48. The van der Waals surface area contributed by atoms with Gasteiger partial charge >= 0.3 is 0 Å². The summed E-state index contributed by atoms with van der Waals surface area (Å²) >= 11 is 1.54. The Morgan fingerprint density at radius 3 is 2.86 bits per heavy atom. The zero-order valence-electron chi connectivity index (χ0n) is 12.0. The summed E-state index contributed by atoms with van der Waals surface area (Å²) < 4.78 is 27.0. The van der Waals surface area contributed by atoms with Crippen LogP contribution in [0.15, 0.2) is 28.6 Å². The van der Waals surface area contributed by atoms with Gasteiger partial charge < -0.3 is 5.32 Å². The molecule has 6 nitrogen and oxygen atoms in total. The van der Waals surface area contributed by atoms with E-state index in [1.165, 1.54) is 29.7 Å². The molecule has 0 atom stereocenters. The number of rotatable bonds is 7. The Morgan fingerprint density at radius 1 is 1.38 bits per heavy atom. The monoisotopic (exact) mass is 326 g/mol. The first-order valence-electron chi connectivity index (χ1n) is 6.62. The molecule has 8 heteroatoms. The molecule has 0 bridgehead atoms. The number of hydrogen-bond acceptors (Lipinski definition) is 6. The zero-order chi connectivity index (χ0) is 15.3. The molecule has 2 aromatic rings. The van der Waals surface area contributed by atoms with E-state index < -0.39 is 10.0 Å². The minimum Gasteiger partial charge on any atom is -0.370 e. The van der Waals surface area contributed by atoms with Crippen LogP contribution in [0.4, 0.5) is 5.82 Å². The van der Waals surface area contributed by atoms with Crippen molar-refractivity contribution in [3.63, 3.8) is 0 Å². The van der Waals surface area contributed by atoms with Gasteiger partial charge in [0.15, 0.2) is 0 Å². The molecule has 0 unspecified atom stereocenters. The molecule has 21 heavy (non-hydrogen) atoms. The first kappa shape index (κ1) is 15.9. The van der Waals surface area contributed by atoms with E-state index in [4.69, 9.17) is 0 Å². The van der Waals surface area contributed by atoms with Crippen LogP contribution in [0, 0.1) is 6.92 Å². The van der Waals surface area contributed by atoms with Gasteiger partial charge in [-0.3, -0.25) is 0 Å². The highest BCUT2D eigenvalue weighted by Gasteiger charge is 2.14. The van der Waals surface area contributed by atoms with E-state index in [0.29, 0.717) is 25.3 Å². The average Bonchev–Trinajstić information content (AvgIpc) is 2.85. The van der Waals surface area contributed by atoms with Crippen LogP contribution in [0.3, 0.4) is 0 Å². The van der Waals surface area contributed by atoms with E-state index in [-0.39, 0.29) is 4.90 Å². The molecule has 2 rings (SSSR count). The number of nitrogens with zero attached hydrogens (tertiary/aromatic N) is 2. The molecule has 0 spiro atoms. The minimum absolute atomic E-state index is 0.212. The van der Waals surface area contributed by atoms with Crippen LogP contribution in [0.2, 0.25) is 0 Å². The number of aryl methyl sites for hydroxylation is 1. The van der Waals surface area contributed by atoms with Crippen LogP contribution >= 0.6 is 11.3 Å². The normalized spacial score (nSPS) is 11.5. The fraction of sp³-hybridized carbons (Fsp3) is 0.385. The quantitative estimate of drug-likeness (QED) is 0.810. The molecule has 0 radical (unpaired) electrons. The van der Waals surface area contributed by atoms with Gasteiger partial charge in [-0.15, -0.1) is 11.3 Å². The van der Waals surface area contributed by atoms with E-state index in [2.05, 4.69) is 20.0 Å². The van der Waals surface area contributed by atoms with Crippen molar-refractivity contribution in [1.29, 1.82) is 0 Å². The molecule has 0 amide bonds. The van der Waals surface area contributed by atoms with Gasteiger partial charge in [-0.1, -0.05) is 0 Å². The van der Waals surface area contributed by atoms with Crippen LogP contribution in [-0.2, 0) is 16.4 Å². The lowest BCUT2D eigenvalue weighted by molar-refractivity contribution is 0.581. The Balaban J connectivity index is 1.99. The topological polar surface area (TPSA) is 84.0 Å². The number of thiazole rings is 1. The van der Waals surface area contributed by atoms with Crippen LogP contribution < -0.4 is 10.0 Å². The van der Waals surface area contributed by atoms with Crippen LogP contribution in [0.25, 0.3) is 0 Å². The van der Waals surface area contributed by atoms with Crippen molar-refractivity contribution in [3.05, 3.63) is 34.4 Å². The lowest BCUT2D eigenvalue weighted by Crippen LogP contribution is -2.26. The molecular formula is C13H18N4O2S2. The Hall–Kier alpha value is -1.51. The van der Waals surface area contributed by atoms with E-state index in [0.717, 1.165) is 10.7 Å². The minimum atomic E-state index is -3.52. The molecule has 2 heterocycles. The second-order valence-corrected chi connectivity index (χ2v) is 7.15. The predicted molar refractivity (Wildman–Crippen MR) is 84.1 cm³/mol. The van der Waals surface area contributed by atoms with Gasteiger partial charge in [-0.2, -0.15) is 0 Å². The molecule has 0 aliphatic rings. The smallest absolute Gasteiger partial charge is 0.240 e. The fourth-order valence-corrected chi connectivity index (χ4v) is 3.57.